The van der Waals surface area contributed by atoms with Crippen LogP contribution in [0.25, 0.3) is 10.9 Å². The molecule has 0 aliphatic carbocycles. The predicted octanol–water partition coefficient (Wildman–Crippen LogP) is 4.52. The molecule has 3 heterocycles. The topological polar surface area (TPSA) is 99.3 Å². The average Bonchev–Trinajstić information content (AvgIpc) is 3.38. The first-order valence-corrected chi connectivity index (χ1v) is 13.0. The number of amides is 1. The fourth-order valence-electron chi connectivity index (χ4n) is 4.11. The highest BCUT2D eigenvalue weighted by atomic mass is 32.2. The second kappa shape index (κ2) is 11.1. The minimum absolute atomic E-state index is 0.00478. The molecule has 0 unspecified atom stereocenters. The molecule has 2 aromatic carbocycles. The third-order valence-electron chi connectivity index (χ3n) is 6.01. The summed E-state index contributed by atoms with van der Waals surface area (Å²) < 4.78 is 5.42. The van der Waals surface area contributed by atoms with E-state index >= 15 is 0 Å². The number of aromatic nitrogens is 4. The second-order valence-corrected chi connectivity index (χ2v) is 9.38. The molecule has 4 aromatic rings. The first-order valence-electron chi connectivity index (χ1n) is 12.1. The van der Waals surface area contributed by atoms with Gasteiger partial charge in [-0.2, -0.15) is 5.10 Å². The molecule has 0 atom stereocenters. The second-order valence-electron chi connectivity index (χ2n) is 8.34. The van der Waals surface area contributed by atoms with Crippen LogP contribution < -0.4 is 5.32 Å². The first-order chi connectivity index (χ1) is 17.6. The van der Waals surface area contributed by atoms with Gasteiger partial charge in [0, 0.05) is 47.2 Å². The molecule has 0 saturated carbocycles. The number of benzene rings is 2. The minimum atomic E-state index is -0.00478. The lowest BCUT2D eigenvalue weighted by Crippen LogP contribution is -2.51. The van der Waals surface area contributed by atoms with Crippen molar-refractivity contribution in [1.82, 2.24) is 30.2 Å². The molecule has 10 heteroatoms. The van der Waals surface area contributed by atoms with Crippen molar-refractivity contribution in [2.24, 2.45) is 0 Å². The summed E-state index contributed by atoms with van der Waals surface area (Å²) in [4.78, 5) is 23.6. The van der Waals surface area contributed by atoms with E-state index in [0.29, 0.717) is 36.3 Å². The molecule has 1 fully saturated rings. The van der Waals surface area contributed by atoms with Crippen LogP contribution in [0, 0.1) is 0 Å². The number of ether oxygens (including phenoxy) is 1. The molecule has 2 N–H and O–H groups in total. The Bertz CT molecular complexity index is 1340. The number of hydrogen-bond acceptors (Lipinski definition) is 8. The number of morpholine rings is 1. The summed E-state index contributed by atoms with van der Waals surface area (Å²) in [6, 6.07) is 17.5. The van der Waals surface area contributed by atoms with Crippen LogP contribution in [0.3, 0.4) is 0 Å². The third-order valence-corrected chi connectivity index (χ3v) is 6.89. The van der Waals surface area contributed by atoms with Gasteiger partial charge in [-0.3, -0.25) is 14.9 Å². The largest absolute Gasteiger partial charge is 0.379 e. The zero-order valence-corrected chi connectivity index (χ0v) is 21.2. The molecular weight excluding hydrogens is 474 g/mol. The molecule has 186 valence electrons. The number of hydrazine groups is 1. The van der Waals surface area contributed by atoms with E-state index in [2.05, 4.69) is 27.4 Å². The number of carbonyl (C=O) groups excluding carboxylic acids is 1. The van der Waals surface area contributed by atoms with E-state index in [4.69, 9.17) is 14.7 Å². The van der Waals surface area contributed by atoms with E-state index in [1.165, 1.54) is 11.8 Å². The lowest BCUT2D eigenvalue weighted by molar-refractivity contribution is -0.0675. The predicted molar refractivity (Wildman–Crippen MR) is 140 cm³/mol. The van der Waals surface area contributed by atoms with Gasteiger partial charge in [-0.25, -0.2) is 15.0 Å². The maximum absolute atomic E-state index is 13.1. The van der Waals surface area contributed by atoms with Crippen molar-refractivity contribution in [2.75, 3.05) is 38.2 Å². The monoisotopic (exact) mass is 503 g/mol. The summed E-state index contributed by atoms with van der Waals surface area (Å²) in [6.07, 6.45) is 0.876. The Morgan fingerprint density at radius 3 is 2.61 bits per heavy atom. The molecule has 0 bridgehead atoms. The number of aromatic amines is 1. The molecule has 1 amide bonds. The summed E-state index contributed by atoms with van der Waals surface area (Å²) in [7, 11) is 0. The number of H-pyrrole nitrogens is 1. The highest BCUT2D eigenvalue weighted by Gasteiger charge is 2.23. The van der Waals surface area contributed by atoms with Gasteiger partial charge in [0.15, 0.2) is 11.0 Å². The number of nitrogens with one attached hydrogen (secondary N) is 2. The van der Waals surface area contributed by atoms with Gasteiger partial charge in [-0.1, -0.05) is 19.1 Å². The zero-order valence-electron chi connectivity index (χ0n) is 20.4. The van der Waals surface area contributed by atoms with Crippen molar-refractivity contribution < 1.29 is 9.53 Å². The quantitative estimate of drug-likeness (QED) is 0.339. The van der Waals surface area contributed by atoms with Gasteiger partial charge in [0.05, 0.1) is 18.7 Å². The van der Waals surface area contributed by atoms with Crippen molar-refractivity contribution in [3.63, 3.8) is 0 Å². The summed E-state index contributed by atoms with van der Waals surface area (Å²) in [5.74, 6) is 1.42. The molecule has 0 radical (unpaired) electrons. The summed E-state index contributed by atoms with van der Waals surface area (Å²) in [6.45, 7) is 7.41. The minimum Gasteiger partial charge on any atom is -0.379 e. The van der Waals surface area contributed by atoms with Crippen LogP contribution in [0.2, 0.25) is 0 Å². The zero-order chi connectivity index (χ0) is 24.9. The Morgan fingerprint density at radius 1 is 1.11 bits per heavy atom. The Morgan fingerprint density at radius 2 is 1.89 bits per heavy atom. The van der Waals surface area contributed by atoms with Crippen LogP contribution in [-0.2, 0) is 11.2 Å². The molecule has 0 spiro atoms. The van der Waals surface area contributed by atoms with E-state index in [0.717, 1.165) is 46.8 Å². The number of para-hydroxylation sites is 1. The van der Waals surface area contributed by atoms with E-state index < -0.39 is 0 Å². The van der Waals surface area contributed by atoms with E-state index in [1.54, 1.807) is 5.01 Å². The van der Waals surface area contributed by atoms with Gasteiger partial charge in [0.2, 0.25) is 0 Å². The molecular formula is C26H29N7O2S. The Balaban J connectivity index is 1.35. The van der Waals surface area contributed by atoms with E-state index in [-0.39, 0.29) is 5.91 Å². The number of aryl methyl sites for hydroxylation is 1. The highest BCUT2D eigenvalue weighted by molar-refractivity contribution is 7.99. The molecule has 1 aliphatic heterocycles. The molecule has 2 aromatic heterocycles. The smallest absolute Gasteiger partial charge is 0.268 e. The Labute approximate surface area is 214 Å². The van der Waals surface area contributed by atoms with Crippen LogP contribution in [-0.4, -0.2) is 68.9 Å². The van der Waals surface area contributed by atoms with Crippen LogP contribution in [0.15, 0.2) is 64.6 Å². The van der Waals surface area contributed by atoms with Gasteiger partial charge < -0.3 is 10.1 Å². The number of rotatable bonds is 8. The summed E-state index contributed by atoms with van der Waals surface area (Å²) in [5.41, 5.74) is 2.55. The van der Waals surface area contributed by atoms with Gasteiger partial charge in [0.1, 0.15) is 5.82 Å². The lowest BCUT2D eigenvalue weighted by Gasteiger charge is -2.36. The normalized spacial score (nSPS) is 14.2. The van der Waals surface area contributed by atoms with Gasteiger partial charge in [0.25, 0.3) is 5.91 Å². The first kappa shape index (κ1) is 24.2. The van der Waals surface area contributed by atoms with Crippen LogP contribution in [0.1, 0.15) is 29.9 Å². The van der Waals surface area contributed by atoms with Crippen LogP contribution >= 0.6 is 11.8 Å². The van der Waals surface area contributed by atoms with Crippen molar-refractivity contribution in [3.8, 4) is 0 Å². The van der Waals surface area contributed by atoms with Crippen LogP contribution in [0.4, 0.5) is 11.6 Å². The van der Waals surface area contributed by atoms with Gasteiger partial charge >= 0.3 is 0 Å². The number of hydrogen-bond donors (Lipinski definition) is 2. The summed E-state index contributed by atoms with van der Waals surface area (Å²) >= 11 is 1.46. The molecule has 36 heavy (non-hydrogen) atoms. The maximum Gasteiger partial charge on any atom is 0.268 e. The number of fused-ring (bicyclic) bond motifs is 1. The van der Waals surface area contributed by atoms with E-state index in [9.17, 15) is 4.79 Å². The third kappa shape index (κ3) is 5.35. The van der Waals surface area contributed by atoms with Gasteiger partial charge in [-0.15, -0.1) is 0 Å². The number of anilines is 2. The number of carbonyl (C=O) groups is 1. The summed E-state index contributed by atoms with van der Waals surface area (Å²) in [5, 5.41) is 16.1. The maximum atomic E-state index is 13.1. The fourth-order valence-corrected chi connectivity index (χ4v) is 4.88. The average molecular weight is 504 g/mol. The standard InChI is InChI=1S/C26H29N7O2S/c1-3-19-17-23(31-30-19)28-24-21-7-5-6-8-22(21)27-26(29-24)36-20-11-9-18(10-12-20)25(34)33(4-2)32-13-15-35-16-14-32/h5-12,17H,3-4,13-16H2,1-2H3,(H2,27,28,29,30,31). The molecule has 1 saturated heterocycles. The Hall–Kier alpha value is -3.47. The number of nitrogens with zero attached hydrogens (tertiary/aromatic N) is 5. The SMILES string of the molecule is CCc1cc(Nc2nc(Sc3ccc(C(=O)N(CC)N4CCOCC4)cc3)nc3ccccc23)n[nH]1. The molecule has 5 rings (SSSR count). The van der Waals surface area contributed by atoms with Crippen molar-refractivity contribution in [2.45, 2.75) is 30.3 Å². The van der Waals surface area contributed by atoms with E-state index in [1.807, 2.05) is 61.5 Å². The van der Waals surface area contributed by atoms with Crippen molar-refractivity contribution >= 4 is 40.2 Å². The fraction of sp³-hybridized carbons (Fsp3) is 0.308. The Kier molecular flexibility index (Phi) is 7.45. The lowest BCUT2D eigenvalue weighted by atomic mass is 10.2. The van der Waals surface area contributed by atoms with Crippen LogP contribution in [0.5, 0.6) is 0 Å². The van der Waals surface area contributed by atoms with Crippen molar-refractivity contribution in [3.05, 3.63) is 65.9 Å². The molecule has 1 aliphatic rings. The highest BCUT2D eigenvalue weighted by Crippen LogP contribution is 2.30. The van der Waals surface area contributed by atoms with Gasteiger partial charge in [-0.05, 0) is 61.5 Å². The van der Waals surface area contributed by atoms with Crippen molar-refractivity contribution in [1.29, 1.82) is 0 Å². The molecule has 9 nitrogen and oxygen atoms in total.